The Morgan fingerprint density at radius 1 is 1.38 bits per heavy atom. The van der Waals surface area contributed by atoms with Crippen molar-refractivity contribution >= 4 is 10.0 Å². The summed E-state index contributed by atoms with van der Waals surface area (Å²) >= 11 is 0. The first kappa shape index (κ1) is 13.1. The Kier molecular flexibility index (Phi) is 4.43. The number of aromatic nitrogens is 2. The van der Waals surface area contributed by atoms with E-state index in [0.717, 1.165) is 0 Å². The van der Waals surface area contributed by atoms with Crippen LogP contribution in [0.3, 0.4) is 0 Å². The van der Waals surface area contributed by atoms with Crippen LogP contribution in [0.15, 0.2) is 4.52 Å². The monoisotopic (exact) mass is 247 g/mol. The summed E-state index contributed by atoms with van der Waals surface area (Å²) < 4.78 is 29.5. The lowest BCUT2D eigenvalue weighted by Crippen LogP contribution is -2.29. The van der Waals surface area contributed by atoms with Crippen molar-refractivity contribution in [3.8, 4) is 0 Å². The first-order chi connectivity index (χ1) is 7.49. The Labute approximate surface area is 95.7 Å². The maximum Gasteiger partial charge on any atom is 0.226 e. The smallest absolute Gasteiger partial charge is 0.226 e. The molecule has 16 heavy (non-hydrogen) atoms. The third-order valence-electron chi connectivity index (χ3n) is 2.11. The second-order valence-electron chi connectivity index (χ2n) is 3.53. The van der Waals surface area contributed by atoms with Gasteiger partial charge in [-0.1, -0.05) is 19.0 Å². The van der Waals surface area contributed by atoms with E-state index in [9.17, 15) is 8.42 Å². The minimum Gasteiger partial charge on any atom is -0.339 e. The molecule has 0 bridgehead atoms. The Morgan fingerprint density at radius 2 is 2.06 bits per heavy atom. The van der Waals surface area contributed by atoms with E-state index in [0.29, 0.717) is 24.6 Å². The van der Waals surface area contributed by atoms with Crippen LogP contribution >= 0.6 is 0 Å². The molecule has 1 rings (SSSR count). The summed E-state index contributed by atoms with van der Waals surface area (Å²) in [7, 11) is -1.67. The lowest BCUT2D eigenvalue weighted by atomic mass is 10.5. The lowest BCUT2D eigenvalue weighted by molar-refractivity contribution is 0.368. The lowest BCUT2D eigenvalue weighted by Gasteiger charge is -2.13. The van der Waals surface area contributed by atoms with Crippen LogP contribution in [-0.4, -0.2) is 35.7 Å². The molecule has 0 aliphatic heterocycles. The van der Waals surface area contributed by atoms with Gasteiger partial charge in [0, 0.05) is 13.5 Å². The molecule has 7 heteroatoms. The summed E-state index contributed by atoms with van der Waals surface area (Å²) in [5.41, 5.74) is 0. The van der Waals surface area contributed by atoms with Gasteiger partial charge in [0.15, 0.2) is 5.82 Å². The van der Waals surface area contributed by atoms with Gasteiger partial charge in [0.1, 0.15) is 0 Å². The topological polar surface area (TPSA) is 76.3 Å². The van der Waals surface area contributed by atoms with Crippen molar-refractivity contribution in [1.82, 2.24) is 14.4 Å². The standard InChI is InChI=1S/C9H17N3O3S/c1-4-6-16(13,14)12(3)7-8-10-9(5-2)15-11-8/h4-7H2,1-3H3. The molecule has 92 valence electrons. The van der Waals surface area contributed by atoms with E-state index < -0.39 is 10.0 Å². The molecule has 0 aliphatic carbocycles. The van der Waals surface area contributed by atoms with E-state index >= 15 is 0 Å². The second-order valence-corrected chi connectivity index (χ2v) is 5.73. The van der Waals surface area contributed by atoms with E-state index in [2.05, 4.69) is 10.1 Å². The highest BCUT2D eigenvalue weighted by atomic mass is 32.2. The summed E-state index contributed by atoms with van der Waals surface area (Å²) in [6, 6.07) is 0. The number of sulfonamides is 1. The summed E-state index contributed by atoms with van der Waals surface area (Å²) in [5, 5.41) is 3.71. The average molecular weight is 247 g/mol. The molecule has 0 saturated carbocycles. The number of rotatable bonds is 6. The van der Waals surface area contributed by atoms with Crippen LogP contribution in [0, 0.1) is 0 Å². The zero-order chi connectivity index (χ0) is 12.2. The van der Waals surface area contributed by atoms with Crippen LogP contribution in [-0.2, 0) is 23.0 Å². The van der Waals surface area contributed by atoms with Crippen LogP contribution in [0.4, 0.5) is 0 Å². The first-order valence-electron chi connectivity index (χ1n) is 5.25. The van der Waals surface area contributed by atoms with Gasteiger partial charge in [-0.25, -0.2) is 8.42 Å². The molecule has 0 aromatic carbocycles. The average Bonchev–Trinajstić information content (AvgIpc) is 2.65. The minimum atomic E-state index is -3.19. The Hall–Kier alpha value is -0.950. The molecule has 0 radical (unpaired) electrons. The van der Waals surface area contributed by atoms with E-state index in [-0.39, 0.29) is 12.3 Å². The molecule has 0 N–H and O–H groups in total. The highest BCUT2D eigenvalue weighted by molar-refractivity contribution is 7.89. The van der Waals surface area contributed by atoms with Crippen molar-refractivity contribution in [2.75, 3.05) is 12.8 Å². The van der Waals surface area contributed by atoms with Gasteiger partial charge in [-0.05, 0) is 6.42 Å². The van der Waals surface area contributed by atoms with E-state index in [1.54, 1.807) is 0 Å². The van der Waals surface area contributed by atoms with Gasteiger partial charge in [0.05, 0.1) is 12.3 Å². The molecule has 0 spiro atoms. The normalized spacial score (nSPS) is 12.2. The maximum atomic E-state index is 11.7. The summed E-state index contributed by atoms with van der Waals surface area (Å²) in [6.07, 6.45) is 1.25. The van der Waals surface area contributed by atoms with Gasteiger partial charge in [0.25, 0.3) is 0 Å². The van der Waals surface area contributed by atoms with Crippen LogP contribution < -0.4 is 0 Å². The van der Waals surface area contributed by atoms with Gasteiger partial charge >= 0.3 is 0 Å². The van der Waals surface area contributed by atoms with Crippen LogP contribution in [0.2, 0.25) is 0 Å². The van der Waals surface area contributed by atoms with Crippen molar-refractivity contribution < 1.29 is 12.9 Å². The molecule has 0 unspecified atom stereocenters. The van der Waals surface area contributed by atoms with Gasteiger partial charge in [-0.3, -0.25) is 0 Å². The highest BCUT2D eigenvalue weighted by Gasteiger charge is 2.18. The van der Waals surface area contributed by atoms with Crippen molar-refractivity contribution in [2.24, 2.45) is 0 Å². The van der Waals surface area contributed by atoms with Crippen LogP contribution in [0.5, 0.6) is 0 Å². The molecule has 0 atom stereocenters. The molecule has 0 fully saturated rings. The van der Waals surface area contributed by atoms with E-state index in [1.807, 2.05) is 13.8 Å². The molecular weight excluding hydrogens is 230 g/mol. The van der Waals surface area contributed by atoms with Crippen molar-refractivity contribution in [2.45, 2.75) is 33.2 Å². The zero-order valence-electron chi connectivity index (χ0n) is 9.80. The highest BCUT2D eigenvalue weighted by Crippen LogP contribution is 2.06. The third-order valence-corrected chi connectivity index (χ3v) is 4.12. The molecular formula is C9H17N3O3S. The van der Waals surface area contributed by atoms with Gasteiger partial charge in [-0.15, -0.1) is 0 Å². The van der Waals surface area contributed by atoms with Crippen molar-refractivity contribution in [3.63, 3.8) is 0 Å². The Morgan fingerprint density at radius 3 is 2.56 bits per heavy atom. The summed E-state index contributed by atoms with van der Waals surface area (Å²) in [6.45, 7) is 3.88. The van der Waals surface area contributed by atoms with Gasteiger partial charge < -0.3 is 4.52 Å². The largest absolute Gasteiger partial charge is 0.339 e. The minimum absolute atomic E-state index is 0.141. The van der Waals surface area contributed by atoms with Crippen LogP contribution in [0.1, 0.15) is 32.0 Å². The fourth-order valence-corrected chi connectivity index (χ4v) is 2.35. The van der Waals surface area contributed by atoms with E-state index in [4.69, 9.17) is 4.52 Å². The molecule has 1 aromatic rings. The first-order valence-corrected chi connectivity index (χ1v) is 6.86. The summed E-state index contributed by atoms with van der Waals surface area (Å²) in [5.74, 6) is 1.07. The predicted octanol–water partition coefficient (Wildman–Crippen LogP) is 0.804. The molecule has 0 aliphatic rings. The Balaban J connectivity index is 2.67. The quantitative estimate of drug-likeness (QED) is 0.743. The molecule has 1 heterocycles. The second kappa shape index (κ2) is 5.40. The Bertz CT molecular complexity index is 427. The number of hydrogen-bond acceptors (Lipinski definition) is 5. The SMILES string of the molecule is CCCS(=O)(=O)N(C)Cc1noc(CC)n1. The maximum absolute atomic E-state index is 11.7. The fourth-order valence-electron chi connectivity index (χ4n) is 1.21. The number of nitrogens with zero attached hydrogens (tertiary/aromatic N) is 3. The van der Waals surface area contributed by atoms with Crippen molar-refractivity contribution in [3.05, 3.63) is 11.7 Å². The van der Waals surface area contributed by atoms with Gasteiger partial charge in [0.2, 0.25) is 15.9 Å². The zero-order valence-corrected chi connectivity index (χ0v) is 10.6. The number of hydrogen-bond donors (Lipinski definition) is 0. The fraction of sp³-hybridized carbons (Fsp3) is 0.778. The van der Waals surface area contributed by atoms with E-state index in [1.165, 1.54) is 11.4 Å². The van der Waals surface area contributed by atoms with Crippen LogP contribution in [0.25, 0.3) is 0 Å². The molecule has 1 aromatic heterocycles. The van der Waals surface area contributed by atoms with Crippen molar-refractivity contribution in [1.29, 1.82) is 0 Å². The predicted molar refractivity (Wildman–Crippen MR) is 59.2 cm³/mol. The third kappa shape index (κ3) is 3.28. The molecule has 0 saturated heterocycles. The number of aryl methyl sites for hydroxylation is 1. The molecule has 0 amide bonds. The summed E-state index contributed by atoms with van der Waals surface area (Å²) in [4.78, 5) is 4.06. The molecule has 6 nitrogen and oxygen atoms in total. The van der Waals surface area contributed by atoms with Gasteiger partial charge in [-0.2, -0.15) is 9.29 Å².